The second kappa shape index (κ2) is 5.21. The molecular formula is C18H15NO4. The third-order valence-corrected chi connectivity index (χ3v) is 4.50. The number of benzene rings is 2. The first-order valence-corrected chi connectivity index (χ1v) is 7.50. The summed E-state index contributed by atoms with van der Waals surface area (Å²) < 4.78 is 5.54. The van der Waals surface area contributed by atoms with E-state index in [1.165, 1.54) is 0 Å². The molecule has 0 aromatic heterocycles. The van der Waals surface area contributed by atoms with Crippen molar-refractivity contribution in [3.8, 4) is 0 Å². The van der Waals surface area contributed by atoms with Crippen LogP contribution in [0.25, 0.3) is 10.8 Å². The number of carboxylic acid groups (broad SMARTS) is 1. The molecule has 0 spiro atoms. The molecule has 0 unspecified atom stereocenters. The summed E-state index contributed by atoms with van der Waals surface area (Å²) in [5, 5.41) is 14.3. The predicted molar refractivity (Wildman–Crippen MR) is 85.0 cm³/mol. The van der Waals surface area contributed by atoms with Crippen molar-refractivity contribution < 1.29 is 19.4 Å². The van der Waals surface area contributed by atoms with Crippen molar-refractivity contribution in [2.75, 3.05) is 5.32 Å². The molecule has 116 valence electrons. The topological polar surface area (TPSA) is 75.6 Å². The van der Waals surface area contributed by atoms with E-state index in [0.717, 1.165) is 10.8 Å². The molecule has 5 nitrogen and oxygen atoms in total. The van der Waals surface area contributed by atoms with Crippen molar-refractivity contribution in [3.63, 3.8) is 0 Å². The minimum Gasteiger partial charge on any atom is -0.481 e. The largest absolute Gasteiger partial charge is 0.481 e. The van der Waals surface area contributed by atoms with E-state index in [4.69, 9.17) is 4.74 Å². The van der Waals surface area contributed by atoms with Gasteiger partial charge >= 0.3 is 5.97 Å². The molecule has 2 bridgehead atoms. The van der Waals surface area contributed by atoms with Gasteiger partial charge in [-0.05, 0) is 22.9 Å². The predicted octanol–water partition coefficient (Wildman–Crippen LogP) is 2.43. The molecule has 1 saturated heterocycles. The van der Waals surface area contributed by atoms with Gasteiger partial charge in [-0.2, -0.15) is 0 Å². The van der Waals surface area contributed by atoms with Gasteiger partial charge in [-0.15, -0.1) is 0 Å². The van der Waals surface area contributed by atoms with Crippen LogP contribution in [0.2, 0.25) is 0 Å². The van der Waals surface area contributed by atoms with Crippen molar-refractivity contribution in [1.82, 2.24) is 0 Å². The maximum atomic E-state index is 12.6. The van der Waals surface area contributed by atoms with E-state index in [-0.39, 0.29) is 5.91 Å². The summed E-state index contributed by atoms with van der Waals surface area (Å²) in [6.45, 7) is 0. The minimum atomic E-state index is -1.000. The van der Waals surface area contributed by atoms with E-state index < -0.39 is 30.0 Å². The summed E-state index contributed by atoms with van der Waals surface area (Å²) >= 11 is 0. The Morgan fingerprint density at radius 2 is 1.65 bits per heavy atom. The maximum Gasteiger partial charge on any atom is 0.310 e. The number of carbonyl (C=O) groups is 2. The third-order valence-electron chi connectivity index (χ3n) is 4.50. The van der Waals surface area contributed by atoms with Crippen molar-refractivity contribution in [3.05, 3.63) is 54.6 Å². The van der Waals surface area contributed by atoms with Crippen LogP contribution in [0.3, 0.4) is 0 Å². The van der Waals surface area contributed by atoms with Crippen molar-refractivity contribution in [1.29, 1.82) is 0 Å². The van der Waals surface area contributed by atoms with E-state index in [0.29, 0.717) is 5.69 Å². The molecule has 0 saturated carbocycles. The Bertz CT molecular complexity index is 829. The Kier molecular flexibility index (Phi) is 3.16. The van der Waals surface area contributed by atoms with Gasteiger partial charge in [0.25, 0.3) is 0 Å². The maximum absolute atomic E-state index is 12.6. The normalized spacial score (nSPS) is 28.2. The quantitative estimate of drug-likeness (QED) is 0.854. The van der Waals surface area contributed by atoms with Gasteiger partial charge in [0, 0.05) is 5.69 Å². The zero-order valence-electron chi connectivity index (χ0n) is 12.2. The van der Waals surface area contributed by atoms with E-state index in [1.807, 2.05) is 42.5 Å². The SMILES string of the molecule is O=C(O)[C@@H]1[C@@H](C(=O)Nc2ccc3ccccc3c2)[C@H]2C=C[C@@H]1O2. The molecule has 2 aliphatic rings. The van der Waals surface area contributed by atoms with Crippen LogP contribution in [0.5, 0.6) is 0 Å². The number of fused-ring (bicyclic) bond motifs is 3. The van der Waals surface area contributed by atoms with E-state index >= 15 is 0 Å². The first-order chi connectivity index (χ1) is 11.1. The van der Waals surface area contributed by atoms with Crippen LogP contribution >= 0.6 is 0 Å². The van der Waals surface area contributed by atoms with Crippen molar-refractivity contribution in [2.45, 2.75) is 12.2 Å². The molecule has 1 amide bonds. The van der Waals surface area contributed by atoms with Crippen molar-refractivity contribution in [2.24, 2.45) is 11.8 Å². The number of carboxylic acids is 1. The Morgan fingerprint density at radius 1 is 0.957 bits per heavy atom. The van der Waals surface area contributed by atoms with Crippen LogP contribution in [0.15, 0.2) is 54.6 Å². The number of rotatable bonds is 3. The molecule has 1 fully saturated rings. The molecule has 2 aromatic carbocycles. The van der Waals surface area contributed by atoms with E-state index in [2.05, 4.69) is 5.32 Å². The van der Waals surface area contributed by atoms with Crippen LogP contribution in [0.1, 0.15) is 0 Å². The van der Waals surface area contributed by atoms with Gasteiger partial charge in [0.05, 0.1) is 18.1 Å². The molecule has 4 rings (SSSR count). The molecule has 0 radical (unpaired) electrons. The lowest BCUT2D eigenvalue weighted by molar-refractivity contribution is -0.145. The summed E-state index contributed by atoms with van der Waals surface area (Å²) in [5.41, 5.74) is 0.657. The van der Waals surface area contributed by atoms with E-state index in [1.54, 1.807) is 12.2 Å². The minimum absolute atomic E-state index is 0.315. The second-order valence-corrected chi connectivity index (χ2v) is 5.89. The van der Waals surface area contributed by atoms with Crippen LogP contribution in [0.4, 0.5) is 5.69 Å². The Labute approximate surface area is 132 Å². The molecule has 4 atom stereocenters. The number of hydrogen-bond acceptors (Lipinski definition) is 3. The summed E-state index contributed by atoms with van der Waals surface area (Å²) in [7, 11) is 0. The lowest BCUT2D eigenvalue weighted by atomic mass is 9.82. The standard InChI is InChI=1S/C18H15NO4/c20-17(15-13-7-8-14(23-13)16(15)18(21)22)19-12-6-5-10-3-1-2-4-11(10)9-12/h1-9,13-16H,(H,19,20)(H,21,22)/t13-,14+,15+,16+/m1/s1. The highest BCUT2D eigenvalue weighted by Gasteiger charge is 2.53. The molecule has 5 heteroatoms. The number of amides is 1. The monoisotopic (exact) mass is 309 g/mol. The fraction of sp³-hybridized carbons (Fsp3) is 0.222. The fourth-order valence-electron chi connectivity index (χ4n) is 3.41. The molecule has 0 aliphatic carbocycles. The number of carbonyl (C=O) groups excluding carboxylic acids is 1. The Hall–Kier alpha value is -2.66. The number of anilines is 1. The zero-order chi connectivity index (χ0) is 16.0. The van der Waals surface area contributed by atoms with Crippen LogP contribution in [-0.4, -0.2) is 29.2 Å². The summed E-state index contributed by atoms with van der Waals surface area (Å²) in [6, 6.07) is 13.5. The van der Waals surface area contributed by atoms with Gasteiger partial charge < -0.3 is 15.2 Å². The van der Waals surface area contributed by atoms with E-state index in [9.17, 15) is 14.7 Å². The Balaban J connectivity index is 1.59. The number of nitrogens with one attached hydrogen (secondary N) is 1. The molecular weight excluding hydrogens is 294 g/mol. The van der Waals surface area contributed by atoms with Gasteiger partial charge in [0.2, 0.25) is 5.91 Å². The van der Waals surface area contributed by atoms with Gasteiger partial charge in [0.1, 0.15) is 5.92 Å². The molecule has 2 aromatic rings. The first-order valence-electron chi connectivity index (χ1n) is 7.50. The molecule has 2 N–H and O–H groups in total. The van der Waals surface area contributed by atoms with Gasteiger partial charge in [-0.1, -0.05) is 42.5 Å². The van der Waals surface area contributed by atoms with Crippen LogP contribution < -0.4 is 5.32 Å². The van der Waals surface area contributed by atoms with Gasteiger partial charge in [0.15, 0.2) is 0 Å². The number of ether oxygens (including phenoxy) is 1. The average Bonchev–Trinajstić information content (AvgIpc) is 3.15. The highest BCUT2D eigenvalue weighted by molar-refractivity contribution is 5.98. The van der Waals surface area contributed by atoms with Gasteiger partial charge in [-0.3, -0.25) is 9.59 Å². The lowest BCUT2D eigenvalue weighted by Crippen LogP contribution is -2.39. The molecule has 2 heterocycles. The summed E-state index contributed by atoms with van der Waals surface area (Å²) in [6.07, 6.45) is 2.53. The summed E-state index contributed by atoms with van der Waals surface area (Å²) in [5.74, 6) is -2.84. The molecule has 2 aliphatic heterocycles. The lowest BCUT2D eigenvalue weighted by Gasteiger charge is -2.21. The van der Waals surface area contributed by atoms with Crippen LogP contribution in [0, 0.1) is 11.8 Å². The highest BCUT2D eigenvalue weighted by atomic mass is 16.5. The third kappa shape index (κ3) is 2.29. The van der Waals surface area contributed by atoms with Crippen LogP contribution in [-0.2, 0) is 14.3 Å². The Morgan fingerprint density at radius 3 is 2.39 bits per heavy atom. The first kappa shape index (κ1) is 14.0. The zero-order valence-corrected chi connectivity index (χ0v) is 12.2. The number of aliphatic carboxylic acids is 1. The smallest absolute Gasteiger partial charge is 0.310 e. The fourth-order valence-corrected chi connectivity index (χ4v) is 3.41. The molecule has 23 heavy (non-hydrogen) atoms. The summed E-state index contributed by atoms with van der Waals surface area (Å²) in [4.78, 5) is 24.0. The van der Waals surface area contributed by atoms with Crippen molar-refractivity contribution >= 4 is 28.3 Å². The highest BCUT2D eigenvalue weighted by Crippen LogP contribution is 2.39. The average molecular weight is 309 g/mol. The van der Waals surface area contributed by atoms with Gasteiger partial charge in [-0.25, -0.2) is 0 Å². The number of hydrogen-bond donors (Lipinski definition) is 2. The second-order valence-electron chi connectivity index (χ2n) is 5.89.